The molecule has 1 fully saturated rings. The minimum Gasteiger partial charge on any atom is -0.442 e. The molecule has 0 bridgehead atoms. The Labute approximate surface area is 143 Å². The number of hydrogen-bond donors (Lipinski definition) is 2. The largest absolute Gasteiger partial charge is 0.442 e. The zero-order valence-electron chi connectivity index (χ0n) is 14.8. The molecule has 3 rings (SSSR count). The molecule has 24 heavy (non-hydrogen) atoms. The van der Waals surface area contributed by atoms with E-state index < -0.39 is 17.8 Å². The molecule has 0 radical (unpaired) electrons. The van der Waals surface area contributed by atoms with Crippen LogP contribution in [0.5, 0.6) is 0 Å². The minimum absolute atomic E-state index is 0.0167. The number of fused-ring (bicyclic) bond motifs is 1. The maximum absolute atomic E-state index is 11.5. The van der Waals surface area contributed by atoms with Crippen LogP contribution in [0.4, 0.5) is 4.79 Å². The predicted octanol–water partition coefficient (Wildman–Crippen LogP) is 2.45. The van der Waals surface area contributed by atoms with E-state index in [-0.39, 0.29) is 11.5 Å². The zero-order chi connectivity index (χ0) is 17.5. The van der Waals surface area contributed by atoms with Crippen molar-refractivity contribution < 1.29 is 14.6 Å². The van der Waals surface area contributed by atoms with Gasteiger partial charge in [0.2, 0.25) is 0 Å². The molecule has 0 saturated heterocycles. The van der Waals surface area contributed by atoms with Crippen LogP contribution in [0.25, 0.3) is 0 Å². The summed E-state index contributed by atoms with van der Waals surface area (Å²) in [7, 11) is 0. The summed E-state index contributed by atoms with van der Waals surface area (Å²) in [5.41, 5.74) is 7.03. The average Bonchev–Trinajstić information content (AvgIpc) is 2.83. The average molecular weight is 332 g/mol. The topological polar surface area (TPSA) is 75.8 Å². The van der Waals surface area contributed by atoms with Crippen LogP contribution in [0.2, 0.25) is 0 Å². The molecule has 3 N–H and O–H groups in total. The molecule has 2 aliphatic rings. The number of carbonyl (C=O) groups excluding carboxylic acids is 1. The van der Waals surface area contributed by atoms with Gasteiger partial charge in [-0.25, -0.2) is 4.79 Å². The molecular formula is C19H28N2O3. The van der Waals surface area contributed by atoms with E-state index in [1.807, 2.05) is 20.8 Å². The molecule has 0 aromatic heterocycles. The van der Waals surface area contributed by atoms with E-state index in [1.165, 1.54) is 11.1 Å². The SMILES string of the molecule is CC(C)(C)C1(OC(N)=O)CC(O)C(N2CCc3ccccc3C2)C1. The van der Waals surface area contributed by atoms with E-state index in [2.05, 4.69) is 29.2 Å². The number of aliphatic hydroxyl groups excluding tert-OH is 1. The van der Waals surface area contributed by atoms with Gasteiger partial charge in [0.15, 0.2) is 0 Å². The molecule has 1 amide bonds. The lowest BCUT2D eigenvalue weighted by Gasteiger charge is -2.41. The van der Waals surface area contributed by atoms with Crippen molar-refractivity contribution in [3.05, 3.63) is 35.4 Å². The summed E-state index contributed by atoms with van der Waals surface area (Å²) in [6, 6.07) is 8.44. The van der Waals surface area contributed by atoms with E-state index in [4.69, 9.17) is 10.5 Å². The van der Waals surface area contributed by atoms with Gasteiger partial charge in [0.05, 0.1) is 6.10 Å². The molecule has 0 spiro atoms. The Balaban J connectivity index is 1.82. The van der Waals surface area contributed by atoms with Gasteiger partial charge in [0.1, 0.15) is 5.60 Å². The summed E-state index contributed by atoms with van der Waals surface area (Å²) < 4.78 is 5.58. The van der Waals surface area contributed by atoms with E-state index in [9.17, 15) is 9.90 Å². The summed E-state index contributed by atoms with van der Waals surface area (Å²) in [6.45, 7) is 7.86. The summed E-state index contributed by atoms with van der Waals surface area (Å²) in [5.74, 6) is 0. The number of hydrogen-bond acceptors (Lipinski definition) is 4. The Morgan fingerprint density at radius 3 is 2.58 bits per heavy atom. The number of nitrogens with two attached hydrogens (primary N) is 1. The highest BCUT2D eigenvalue weighted by Crippen LogP contribution is 2.48. The summed E-state index contributed by atoms with van der Waals surface area (Å²) >= 11 is 0. The smallest absolute Gasteiger partial charge is 0.405 e. The second-order valence-electron chi connectivity index (χ2n) is 8.20. The van der Waals surface area contributed by atoms with Crippen LogP contribution in [0.3, 0.4) is 0 Å². The number of nitrogens with zero attached hydrogens (tertiary/aromatic N) is 1. The molecule has 5 nitrogen and oxygen atoms in total. The van der Waals surface area contributed by atoms with Crippen molar-refractivity contribution in [2.45, 2.75) is 64.3 Å². The van der Waals surface area contributed by atoms with Gasteiger partial charge < -0.3 is 15.6 Å². The minimum atomic E-state index is -0.762. The van der Waals surface area contributed by atoms with E-state index in [1.54, 1.807) is 0 Å². The molecular weight excluding hydrogens is 304 g/mol. The quantitative estimate of drug-likeness (QED) is 0.872. The van der Waals surface area contributed by atoms with Crippen LogP contribution in [-0.4, -0.2) is 40.4 Å². The van der Waals surface area contributed by atoms with Gasteiger partial charge in [0.25, 0.3) is 0 Å². The van der Waals surface area contributed by atoms with Gasteiger partial charge in [-0.05, 0) is 17.5 Å². The van der Waals surface area contributed by atoms with E-state index in [0.717, 1.165) is 19.5 Å². The maximum Gasteiger partial charge on any atom is 0.405 e. The Hall–Kier alpha value is -1.59. The van der Waals surface area contributed by atoms with Crippen molar-refractivity contribution in [2.75, 3.05) is 6.54 Å². The molecule has 1 saturated carbocycles. The maximum atomic E-state index is 11.5. The number of aliphatic hydroxyl groups is 1. The molecule has 132 valence electrons. The van der Waals surface area contributed by atoms with Crippen LogP contribution in [0.1, 0.15) is 44.7 Å². The third-order valence-corrected chi connectivity index (χ3v) is 5.81. The van der Waals surface area contributed by atoms with Crippen LogP contribution < -0.4 is 5.73 Å². The van der Waals surface area contributed by atoms with Crippen LogP contribution in [0, 0.1) is 5.41 Å². The Morgan fingerprint density at radius 2 is 1.96 bits per heavy atom. The summed E-state index contributed by atoms with van der Waals surface area (Å²) in [4.78, 5) is 13.8. The van der Waals surface area contributed by atoms with Gasteiger partial charge in [-0.2, -0.15) is 0 Å². The number of amides is 1. The second kappa shape index (κ2) is 6.05. The number of rotatable bonds is 2. The first kappa shape index (κ1) is 17.2. The van der Waals surface area contributed by atoms with Crippen molar-refractivity contribution in [1.82, 2.24) is 4.90 Å². The van der Waals surface area contributed by atoms with Crippen LogP contribution in [0.15, 0.2) is 24.3 Å². The number of ether oxygens (including phenoxy) is 1. The fraction of sp³-hybridized carbons (Fsp3) is 0.632. The molecule has 5 heteroatoms. The van der Waals surface area contributed by atoms with E-state index in [0.29, 0.717) is 12.8 Å². The highest BCUT2D eigenvalue weighted by Gasteiger charge is 2.55. The highest BCUT2D eigenvalue weighted by atomic mass is 16.6. The molecule has 1 aromatic carbocycles. The first-order valence-corrected chi connectivity index (χ1v) is 8.69. The molecule has 3 atom stereocenters. The first-order chi connectivity index (χ1) is 11.2. The molecule has 1 aliphatic carbocycles. The Kier molecular flexibility index (Phi) is 4.34. The van der Waals surface area contributed by atoms with Gasteiger partial charge in [-0.15, -0.1) is 0 Å². The normalized spacial score (nSPS) is 30.8. The van der Waals surface area contributed by atoms with Gasteiger partial charge in [-0.1, -0.05) is 45.0 Å². The van der Waals surface area contributed by atoms with Crippen molar-refractivity contribution >= 4 is 6.09 Å². The van der Waals surface area contributed by atoms with Crippen molar-refractivity contribution in [3.63, 3.8) is 0 Å². The second-order valence-corrected chi connectivity index (χ2v) is 8.20. The third-order valence-electron chi connectivity index (χ3n) is 5.81. The van der Waals surface area contributed by atoms with Gasteiger partial charge >= 0.3 is 6.09 Å². The van der Waals surface area contributed by atoms with Crippen LogP contribution in [-0.2, 0) is 17.7 Å². The monoisotopic (exact) mass is 332 g/mol. The lowest BCUT2D eigenvalue weighted by molar-refractivity contribution is -0.0678. The Bertz CT molecular complexity index is 625. The van der Waals surface area contributed by atoms with Gasteiger partial charge in [0, 0.05) is 37.4 Å². The van der Waals surface area contributed by atoms with Crippen molar-refractivity contribution in [3.8, 4) is 0 Å². The van der Waals surface area contributed by atoms with Crippen molar-refractivity contribution in [1.29, 1.82) is 0 Å². The van der Waals surface area contributed by atoms with Crippen molar-refractivity contribution in [2.24, 2.45) is 11.1 Å². The third kappa shape index (κ3) is 3.03. The first-order valence-electron chi connectivity index (χ1n) is 8.69. The molecule has 1 aliphatic heterocycles. The summed E-state index contributed by atoms with van der Waals surface area (Å²) in [5, 5.41) is 10.7. The number of benzene rings is 1. The number of primary amides is 1. The zero-order valence-corrected chi connectivity index (χ0v) is 14.8. The predicted molar refractivity (Wildman–Crippen MR) is 92.4 cm³/mol. The van der Waals surface area contributed by atoms with E-state index >= 15 is 0 Å². The summed E-state index contributed by atoms with van der Waals surface area (Å²) in [6.07, 6.45) is 0.750. The fourth-order valence-electron chi connectivity index (χ4n) is 4.25. The number of carbonyl (C=O) groups is 1. The Morgan fingerprint density at radius 1 is 1.29 bits per heavy atom. The highest BCUT2D eigenvalue weighted by molar-refractivity contribution is 5.65. The molecule has 1 aromatic rings. The van der Waals surface area contributed by atoms with Gasteiger partial charge in [-0.3, -0.25) is 4.90 Å². The lowest BCUT2D eigenvalue weighted by atomic mass is 9.75. The molecule has 3 unspecified atom stereocenters. The lowest BCUT2D eigenvalue weighted by Crippen LogP contribution is -2.48. The fourth-order valence-corrected chi connectivity index (χ4v) is 4.25. The molecule has 1 heterocycles. The standard InChI is InChI=1S/C19H28N2O3/c1-18(2,3)19(24-17(20)23)10-15(16(22)11-19)21-9-8-13-6-4-5-7-14(13)12-21/h4-7,15-16,22H,8-12H2,1-3H3,(H2,20,23). The van der Waals surface area contributed by atoms with Crippen LogP contribution >= 0.6 is 0 Å².